The number of rotatable bonds is 7. The van der Waals surface area contributed by atoms with Crippen molar-refractivity contribution in [2.24, 2.45) is 4.99 Å². The zero-order chi connectivity index (χ0) is 18.9. The van der Waals surface area contributed by atoms with Crippen molar-refractivity contribution in [1.29, 1.82) is 0 Å². The molecule has 6 nitrogen and oxygen atoms in total. The van der Waals surface area contributed by atoms with Gasteiger partial charge in [-0.15, -0.1) is 24.0 Å². The van der Waals surface area contributed by atoms with Gasteiger partial charge in [0.25, 0.3) is 0 Å². The molecule has 3 rings (SSSR count). The summed E-state index contributed by atoms with van der Waals surface area (Å²) >= 11 is 0. The van der Waals surface area contributed by atoms with Crippen LogP contribution < -0.4 is 10.6 Å². The zero-order valence-corrected chi connectivity index (χ0v) is 19.5. The first-order valence-electron chi connectivity index (χ1n) is 10.3. The van der Waals surface area contributed by atoms with Crippen LogP contribution in [-0.2, 0) is 22.6 Å². The van der Waals surface area contributed by atoms with Crippen LogP contribution >= 0.6 is 24.0 Å². The number of benzene rings is 1. The summed E-state index contributed by atoms with van der Waals surface area (Å²) in [6.45, 7) is 11.3. The molecule has 2 fully saturated rings. The Balaban J connectivity index is 0.00000280. The van der Waals surface area contributed by atoms with Gasteiger partial charge >= 0.3 is 0 Å². The summed E-state index contributed by atoms with van der Waals surface area (Å²) in [6.07, 6.45) is 2.93. The van der Waals surface area contributed by atoms with Gasteiger partial charge in [0.1, 0.15) is 0 Å². The molecule has 2 N–H and O–H groups in total. The van der Waals surface area contributed by atoms with Crippen LogP contribution in [0.3, 0.4) is 0 Å². The molecule has 28 heavy (non-hydrogen) atoms. The Hall–Kier alpha value is -0.900. The van der Waals surface area contributed by atoms with Crippen LogP contribution in [0.15, 0.2) is 29.3 Å². The lowest BCUT2D eigenvalue weighted by Gasteiger charge is -2.31. The second-order valence-electron chi connectivity index (χ2n) is 7.45. The third kappa shape index (κ3) is 7.85. The smallest absolute Gasteiger partial charge is 0.191 e. The van der Waals surface area contributed by atoms with Crippen LogP contribution in [0.1, 0.15) is 37.8 Å². The maximum absolute atomic E-state index is 5.68. The molecule has 0 aromatic heterocycles. The van der Waals surface area contributed by atoms with Gasteiger partial charge in [-0.1, -0.05) is 24.3 Å². The van der Waals surface area contributed by atoms with Crippen molar-refractivity contribution in [3.63, 3.8) is 0 Å². The van der Waals surface area contributed by atoms with Gasteiger partial charge in [0.15, 0.2) is 5.96 Å². The molecule has 2 aliphatic rings. The molecule has 0 bridgehead atoms. The van der Waals surface area contributed by atoms with E-state index in [0.717, 1.165) is 64.7 Å². The predicted molar refractivity (Wildman–Crippen MR) is 124 cm³/mol. The fourth-order valence-corrected chi connectivity index (χ4v) is 3.65. The van der Waals surface area contributed by atoms with E-state index in [2.05, 4.69) is 53.6 Å². The molecule has 0 spiro atoms. The lowest BCUT2D eigenvalue weighted by molar-refractivity contribution is -0.0212. The summed E-state index contributed by atoms with van der Waals surface area (Å²) < 4.78 is 11.3. The highest BCUT2D eigenvalue weighted by molar-refractivity contribution is 14.0. The second kappa shape index (κ2) is 12.6. The Labute approximate surface area is 186 Å². The van der Waals surface area contributed by atoms with Gasteiger partial charge in [-0.25, -0.2) is 4.99 Å². The van der Waals surface area contributed by atoms with Crippen LogP contribution in [0.4, 0.5) is 0 Å². The van der Waals surface area contributed by atoms with Crippen molar-refractivity contribution in [1.82, 2.24) is 15.5 Å². The fraction of sp³-hybridized carbons (Fsp3) is 0.667. The van der Waals surface area contributed by atoms with E-state index in [1.54, 1.807) is 0 Å². The van der Waals surface area contributed by atoms with Gasteiger partial charge in [-0.3, -0.25) is 4.90 Å². The lowest BCUT2D eigenvalue weighted by Crippen LogP contribution is -2.41. The normalized spacial score (nSPS) is 23.3. The van der Waals surface area contributed by atoms with Crippen LogP contribution in [0, 0.1) is 0 Å². The minimum Gasteiger partial charge on any atom is -0.376 e. The molecule has 7 heteroatoms. The number of hydrogen-bond acceptors (Lipinski definition) is 4. The monoisotopic (exact) mass is 502 g/mol. The Morgan fingerprint density at radius 1 is 1.21 bits per heavy atom. The minimum atomic E-state index is 0. The van der Waals surface area contributed by atoms with E-state index in [4.69, 9.17) is 14.5 Å². The molecule has 0 radical (unpaired) electrons. The molecule has 0 saturated carbocycles. The highest BCUT2D eigenvalue weighted by Gasteiger charge is 2.17. The molecule has 2 aliphatic heterocycles. The quantitative estimate of drug-likeness (QED) is 0.341. The van der Waals surface area contributed by atoms with E-state index in [-0.39, 0.29) is 24.0 Å². The molecule has 2 atom stereocenters. The Kier molecular flexibility index (Phi) is 10.5. The molecule has 2 unspecified atom stereocenters. The number of aliphatic imine (C=N–C) groups is 1. The van der Waals surface area contributed by atoms with E-state index in [1.165, 1.54) is 11.1 Å². The molecule has 0 amide bonds. The summed E-state index contributed by atoms with van der Waals surface area (Å²) in [5, 5.41) is 6.73. The van der Waals surface area contributed by atoms with E-state index in [0.29, 0.717) is 18.8 Å². The van der Waals surface area contributed by atoms with Crippen molar-refractivity contribution in [3.8, 4) is 0 Å². The molecule has 0 aliphatic carbocycles. The van der Waals surface area contributed by atoms with Gasteiger partial charge in [0, 0.05) is 39.3 Å². The Bertz CT molecular complexity index is 608. The summed E-state index contributed by atoms with van der Waals surface area (Å²) in [4.78, 5) is 7.21. The highest BCUT2D eigenvalue weighted by Crippen LogP contribution is 2.13. The fourth-order valence-electron chi connectivity index (χ4n) is 3.65. The van der Waals surface area contributed by atoms with Gasteiger partial charge in [-0.2, -0.15) is 0 Å². The maximum Gasteiger partial charge on any atom is 0.191 e. The van der Waals surface area contributed by atoms with Gasteiger partial charge in [-0.05, 0) is 37.8 Å². The van der Waals surface area contributed by atoms with Crippen LogP contribution in [-0.4, -0.2) is 62.5 Å². The van der Waals surface area contributed by atoms with Crippen molar-refractivity contribution in [3.05, 3.63) is 35.4 Å². The number of halogens is 1. The van der Waals surface area contributed by atoms with Gasteiger partial charge < -0.3 is 20.1 Å². The third-order valence-corrected chi connectivity index (χ3v) is 5.01. The average molecular weight is 502 g/mol. The molecule has 1 aromatic carbocycles. The SMILES string of the molecule is CCNC(=NCc1cccc(CN2CCOC(C)C2)c1)NCC1CCCO1.I. The molecule has 2 heterocycles. The van der Waals surface area contributed by atoms with Crippen molar-refractivity contribution in [2.75, 3.05) is 39.4 Å². The summed E-state index contributed by atoms with van der Waals surface area (Å²) in [5.41, 5.74) is 2.58. The minimum absolute atomic E-state index is 0. The number of ether oxygens (including phenoxy) is 2. The molecule has 2 saturated heterocycles. The van der Waals surface area contributed by atoms with Gasteiger partial charge in [0.2, 0.25) is 0 Å². The second-order valence-corrected chi connectivity index (χ2v) is 7.45. The maximum atomic E-state index is 5.68. The molecule has 158 valence electrons. The number of morpholine rings is 1. The largest absolute Gasteiger partial charge is 0.376 e. The van der Waals surface area contributed by atoms with Crippen molar-refractivity contribution < 1.29 is 9.47 Å². The third-order valence-electron chi connectivity index (χ3n) is 5.01. The van der Waals surface area contributed by atoms with Crippen LogP contribution in [0.25, 0.3) is 0 Å². The van der Waals surface area contributed by atoms with Crippen molar-refractivity contribution in [2.45, 2.75) is 52.0 Å². The first-order valence-corrected chi connectivity index (χ1v) is 10.3. The first kappa shape index (κ1) is 23.4. The summed E-state index contributed by atoms with van der Waals surface area (Å²) in [5.74, 6) is 0.861. The van der Waals surface area contributed by atoms with Crippen LogP contribution in [0.5, 0.6) is 0 Å². The number of guanidine groups is 1. The Morgan fingerprint density at radius 2 is 2.07 bits per heavy atom. The van der Waals surface area contributed by atoms with Crippen LogP contribution in [0.2, 0.25) is 0 Å². The zero-order valence-electron chi connectivity index (χ0n) is 17.2. The number of hydrogen-bond donors (Lipinski definition) is 2. The number of nitrogens with zero attached hydrogens (tertiary/aromatic N) is 2. The number of nitrogens with one attached hydrogen (secondary N) is 2. The van der Waals surface area contributed by atoms with E-state index in [9.17, 15) is 0 Å². The first-order chi connectivity index (χ1) is 13.2. The van der Waals surface area contributed by atoms with E-state index in [1.807, 2.05) is 0 Å². The molecule has 1 aromatic rings. The molecular weight excluding hydrogens is 467 g/mol. The summed E-state index contributed by atoms with van der Waals surface area (Å²) in [7, 11) is 0. The standard InChI is InChI=1S/C21H34N4O2.HI/c1-3-22-21(24-14-20-8-5-10-27-20)23-13-18-6-4-7-19(12-18)16-25-9-11-26-17(2)15-25;/h4,6-7,12,17,20H,3,5,8-11,13-16H2,1-2H3,(H2,22,23,24);1H. The summed E-state index contributed by atoms with van der Waals surface area (Å²) in [6, 6.07) is 8.76. The van der Waals surface area contributed by atoms with E-state index >= 15 is 0 Å². The topological polar surface area (TPSA) is 58.1 Å². The Morgan fingerprint density at radius 3 is 2.82 bits per heavy atom. The van der Waals surface area contributed by atoms with Gasteiger partial charge in [0.05, 0.1) is 25.4 Å². The van der Waals surface area contributed by atoms with Crippen molar-refractivity contribution >= 4 is 29.9 Å². The molecular formula is C21H35IN4O2. The predicted octanol–water partition coefficient (Wildman–Crippen LogP) is 2.76. The average Bonchev–Trinajstić information content (AvgIpc) is 3.18. The van der Waals surface area contributed by atoms with E-state index < -0.39 is 0 Å². The lowest BCUT2D eigenvalue weighted by atomic mass is 10.1. The highest BCUT2D eigenvalue weighted by atomic mass is 127.